The third-order valence-corrected chi connectivity index (χ3v) is 4.05. The SMILES string of the molecule is CCCCCC(CCCCC)NCCc1ccnn1C. The van der Waals surface area contributed by atoms with Crippen molar-refractivity contribution >= 4 is 0 Å². The Morgan fingerprint density at radius 1 is 1.10 bits per heavy atom. The van der Waals surface area contributed by atoms with Crippen molar-refractivity contribution in [2.45, 2.75) is 77.7 Å². The molecule has 0 bridgehead atoms. The summed E-state index contributed by atoms with van der Waals surface area (Å²) in [5, 5.41) is 7.99. The van der Waals surface area contributed by atoms with E-state index in [9.17, 15) is 0 Å². The van der Waals surface area contributed by atoms with E-state index in [0.29, 0.717) is 6.04 Å². The lowest BCUT2D eigenvalue weighted by molar-refractivity contribution is 0.419. The normalized spacial score (nSPS) is 11.4. The van der Waals surface area contributed by atoms with Gasteiger partial charge in [0.05, 0.1) is 0 Å². The molecule has 1 aromatic heterocycles. The van der Waals surface area contributed by atoms with Gasteiger partial charge in [-0.25, -0.2) is 0 Å². The van der Waals surface area contributed by atoms with E-state index in [0.717, 1.165) is 13.0 Å². The smallest absolute Gasteiger partial charge is 0.0492 e. The first kappa shape index (κ1) is 17.2. The number of hydrogen-bond acceptors (Lipinski definition) is 2. The minimum Gasteiger partial charge on any atom is -0.314 e. The van der Waals surface area contributed by atoms with E-state index in [2.05, 4.69) is 30.3 Å². The molecule has 0 saturated carbocycles. The van der Waals surface area contributed by atoms with Gasteiger partial charge >= 0.3 is 0 Å². The van der Waals surface area contributed by atoms with Crippen molar-refractivity contribution in [2.24, 2.45) is 7.05 Å². The van der Waals surface area contributed by atoms with Crippen LogP contribution in [-0.2, 0) is 13.5 Å². The van der Waals surface area contributed by atoms with Crippen LogP contribution in [0, 0.1) is 0 Å². The van der Waals surface area contributed by atoms with Crippen LogP contribution in [0.3, 0.4) is 0 Å². The standard InChI is InChI=1S/C17H33N3/c1-4-6-8-10-16(11-9-7-5-2)18-14-12-17-13-15-19-20(17)3/h13,15-16,18H,4-12,14H2,1-3H3. The van der Waals surface area contributed by atoms with Gasteiger partial charge in [0.15, 0.2) is 0 Å². The highest BCUT2D eigenvalue weighted by Gasteiger charge is 2.08. The molecule has 20 heavy (non-hydrogen) atoms. The van der Waals surface area contributed by atoms with E-state index < -0.39 is 0 Å². The minimum atomic E-state index is 0.710. The maximum atomic E-state index is 4.22. The van der Waals surface area contributed by atoms with E-state index in [-0.39, 0.29) is 0 Å². The van der Waals surface area contributed by atoms with E-state index in [1.807, 2.05) is 17.9 Å². The van der Waals surface area contributed by atoms with Crippen molar-refractivity contribution in [1.82, 2.24) is 15.1 Å². The number of rotatable bonds is 12. The third-order valence-electron chi connectivity index (χ3n) is 4.05. The highest BCUT2D eigenvalue weighted by Crippen LogP contribution is 2.11. The molecule has 0 aliphatic rings. The first-order chi connectivity index (χ1) is 9.77. The molecule has 3 heteroatoms. The molecule has 0 unspecified atom stereocenters. The third kappa shape index (κ3) is 7.09. The van der Waals surface area contributed by atoms with Crippen molar-refractivity contribution in [3.05, 3.63) is 18.0 Å². The summed E-state index contributed by atoms with van der Waals surface area (Å²) in [4.78, 5) is 0. The van der Waals surface area contributed by atoms with E-state index in [1.165, 1.54) is 57.1 Å². The number of hydrogen-bond donors (Lipinski definition) is 1. The van der Waals surface area contributed by atoms with Crippen molar-refractivity contribution in [2.75, 3.05) is 6.54 Å². The van der Waals surface area contributed by atoms with Gasteiger partial charge in [-0.2, -0.15) is 5.10 Å². The molecule has 116 valence electrons. The summed E-state index contributed by atoms with van der Waals surface area (Å²) >= 11 is 0. The first-order valence-electron chi connectivity index (χ1n) is 8.48. The zero-order valence-electron chi connectivity index (χ0n) is 13.7. The summed E-state index contributed by atoms with van der Waals surface area (Å²) in [7, 11) is 2.02. The monoisotopic (exact) mass is 279 g/mol. The van der Waals surface area contributed by atoms with Gasteiger partial charge in [-0.05, 0) is 18.9 Å². The van der Waals surface area contributed by atoms with Crippen molar-refractivity contribution in [3.8, 4) is 0 Å². The lowest BCUT2D eigenvalue weighted by atomic mass is 10.0. The van der Waals surface area contributed by atoms with Gasteiger partial charge in [-0.1, -0.05) is 52.4 Å². The average molecular weight is 279 g/mol. The molecule has 0 atom stereocenters. The van der Waals surface area contributed by atoms with Crippen LogP contribution < -0.4 is 5.32 Å². The minimum absolute atomic E-state index is 0.710. The fourth-order valence-electron chi connectivity index (χ4n) is 2.68. The van der Waals surface area contributed by atoms with E-state index in [4.69, 9.17) is 0 Å². The van der Waals surface area contributed by atoms with Crippen molar-refractivity contribution in [1.29, 1.82) is 0 Å². The van der Waals surface area contributed by atoms with Gasteiger partial charge < -0.3 is 5.32 Å². The lowest BCUT2D eigenvalue weighted by Crippen LogP contribution is -2.31. The Balaban J connectivity index is 2.25. The second kappa shape index (κ2) is 10.9. The van der Waals surface area contributed by atoms with Gasteiger partial charge in [0.25, 0.3) is 0 Å². The Bertz CT molecular complexity index is 323. The summed E-state index contributed by atoms with van der Waals surface area (Å²) in [6.45, 7) is 5.63. The fourth-order valence-corrected chi connectivity index (χ4v) is 2.68. The van der Waals surface area contributed by atoms with Crippen LogP contribution in [0.1, 0.15) is 70.9 Å². The number of nitrogens with one attached hydrogen (secondary N) is 1. The first-order valence-corrected chi connectivity index (χ1v) is 8.48. The lowest BCUT2D eigenvalue weighted by Gasteiger charge is -2.18. The summed E-state index contributed by atoms with van der Waals surface area (Å²) in [5.74, 6) is 0. The molecule has 0 saturated heterocycles. The molecule has 1 rings (SSSR count). The number of aryl methyl sites for hydroxylation is 1. The number of nitrogens with zero attached hydrogens (tertiary/aromatic N) is 2. The molecule has 0 radical (unpaired) electrons. The van der Waals surface area contributed by atoms with Gasteiger partial charge in [0.1, 0.15) is 0 Å². The Kier molecular flexibility index (Phi) is 9.38. The molecule has 3 nitrogen and oxygen atoms in total. The number of aromatic nitrogens is 2. The van der Waals surface area contributed by atoms with Crippen LogP contribution in [-0.4, -0.2) is 22.4 Å². The molecule has 1 heterocycles. The summed E-state index contributed by atoms with van der Waals surface area (Å²) in [6, 6.07) is 2.83. The zero-order chi connectivity index (χ0) is 14.6. The molecule has 0 aliphatic heterocycles. The van der Waals surface area contributed by atoms with Gasteiger partial charge in [-0.3, -0.25) is 4.68 Å². The van der Waals surface area contributed by atoms with Crippen LogP contribution >= 0.6 is 0 Å². The summed E-state index contributed by atoms with van der Waals surface area (Å²) in [6.07, 6.45) is 13.7. The topological polar surface area (TPSA) is 29.9 Å². The van der Waals surface area contributed by atoms with E-state index in [1.54, 1.807) is 0 Å². The Hall–Kier alpha value is -0.830. The Morgan fingerprint density at radius 3 is 2.25 bits per heavy atom. The predicted octanol–water partition coefficient (Wildman–Crippen LogP) is 4.08. The van der Waals surface area contributed by atoms with Crippen LogP contribution in [0.5, 0.6) is 0 Å². The molecule has 0 aliphatic carbocycles. The quantitative estimate of drug-likeness (QED) is 0.584. The molecular weight excluding hydrogens is 246 g/mol. The van der Waals surface area contributed by atoms with Crippen molar-refractivity contribution in [3.63, 3.8) is 0 Å². The van der Waals surface area contributed by atoms with Crippen LogP contribution in [0.15, 0.2) is 12.3 Å². The number of unbranched alkanes of at least 4 members (excludes halogenated alkanes) is 4. The predicted molar refractivity (Wildman–Crippen MR) is 87.0 cm³/mol. The highest BCUT2D eigenvalue weighted by molar-refractivity contribution is 5.00. The Morgan fingerprint density at radius 2 is 1.75 bits per heavy atom. The summed E-state index contributed by atoms with van der Waals surface area (Å²) < 4.78 is 1.98. The Labute approximate surface area is 125 Å². The highest BCUT2D eigenvalue weighted by atomic mass is 15.3. The molecule has 1 aromatic rings. The molecule has 1 N–H and O–H groups in total. The second-order valence-corrected chi connectivity index (χ2v) is 5.84. The second-order valence-electron chi connectivity index (χ2n) is 5.84. The largest absolute Gasteiger partial charge is 0.314 e. The average Bonchev–Trinajstić information content (AvgIpc) is 2.84. The maximum Gasteiger partial charge on any atom is 0.0492 e. The molecule has 0 spiro atoms. The molecular formula is C17H33N3. The molecule has 0 amide bonds. The van der Waals surface area contributed by atoms with Gasteiger partial charge in [0.2, 0.25) is 0 Å². The zero-order valence-corrected chi connectivity index (χ0v) is 13.7. The van der Waals surface area contributed by atoms with Crippen LogP contribution in [0.2, 0.25) is 0 Å². The van der Waals surface area contributed by atoms with Crippen LogP contribution in [0.4, 0.5) is 0 Å². The molecule has 0 fully saturated rings. The van der Waals surface area contributed by atoms with Gasteiger partial charge in [-0.15, -0.1) is 0 Å². The van der Waals surface area contributed by atoms with E-state index >= 15 is 0 Å². The van der Waals surface area contributed by atoms with Gasteiger partial charge in [0, 0.05) is 37.9 Å². The fraction of sp³-hybridized carbons (Fsp3) is 0.824. The summed E-state index contributed by atoms with van der Waals surface area (Å²) in [5.41, 5.74) is 1.32. The van der Waals surface area contributed by atoms with Crippen molar-refractivity contribution < 1.29 is 0 Å². The maximum absolute atomic E-state index is 4.22. The molecule has 0 aromatic carbocycles. The van der Waals surface area contributed by atoms with Crippen LogP contribution in [0.25, 0.3) is 0 Å².